The number of nitrogens with one attached hydrogen (secondary N) is 1. The van der Waals surface area contributed by atoms with Crippen LogP contribution in [-0.4, -0.2) is 52.7 Å². The van der Waals surface area contributed by atoms with Crippen molar-refractivity contribution in [2.75, 3.05) is 23.9 Å². The molecular formula is C33H29N5O4S2. The third-order valence-electron chi connectivity index (χ3n) is 7.96. The van der Waals surface area contributed by atoms with E-state index in [2.05, 4.69) is 24.4 Å². The maximum absolute atomic E-state index is 13.9. The van der Waals surface area contributed by atoms with Gasteiger partial charge in [-0.2, -0.15) is 5.10 Å². The van der Waals surface area contributed by atoms with Crippen LogP contribution in [0.25, 0.3) is 43.1 Å². The first-order valence-electron chi connectivity index (χ1n) is 14.2. The molecule has 6 aromatic rings. The predicted octanol–water partition coefficient (Wildman–Crippen LogP) is 6.61. The molecule has 44 heavy (non-hydrogen) atoms. The molecule has 4 heterocycles. The van der Waals surface area contributed by atoms with E-state index < -0.39 is 9.84 Å². The molecule has 1 aliphatic heterocycles. The summed E-state index contributed by atoms with van der Waals surface area (Å²) in [6, 6.07) is 22.7. The summed E-state index contributed by atoms with van der Waals surface area (Å²) in [5.74, 6) is 0.502. The minimum atomic E-state index is -3.16. The Morgan fingerprint density at radius 3 is 2.43 bits per heavy atom. The number of methoxy groups -OCH3 is 1. The van der Waals surface area contributed by atoms with E-state index >= 15 is 0 Å². The molecule has 3 aromatic carbocycles. The number of aryl methyl sites for hydroxylation is 2. The average Bonchev–Trinajstić information content (AvgIpc) is 3.71. The highest BCUT2D eigenvalue weighted by Gasteiger charge is 2.32. The molecule has 11 heteroatoms. The number of benzene rings is 3. The van der Waals surface area contributed by atoms with Gasteiger partial charge in [-0.25, -0.2) is 23.1 Å². The van der Waals surface area contributed by atoms with E-state index in [4.69, 9.17) is 19.8 Å². The molecule has 1 unspecified atom stereocenters. The number of carbonyl (C=O) groups is 1. The number of hydrogen-bond donors (Lipinski definition) is 1. The van der Waals surface area contributed by atoms with Crippen molar-refractivity contribution in [3.05, 3.63) is 89.6 Å². The second-order valence-electron chi connectivity index (χ2n) is 11.1. The number of sulfone groups is 1. The quantitative estimate of drug-likeness (QED) is 0.222. The minimum Gasteiger partial charge on any atom is -0.497 e. The maximum atomic E-state index is 13.9. The summed E-state index contributed by atoms with van der Waals surface area (Å²) in [5.41, 5.74) is 6.66. The third kappa shape index (κ3) is 5.22. The molecule has 0 bridgehead atoms. The molecule has 0 radical (unpaired) electrons. The van der Waals surface area contributed by atoms with E-state index in [1.54, 1.807) is 29.2 Å². The van der Waals surface area contributed by atoms with Crippen LogP contribution in [0.1, 0.15) is 34.1 Å². The minimum absolute atomic E-state index is 0.000191. The van der Waals surface area contributed by atoms with Gasteiger partial charge in [-0.1, -0.05) is 6.07 Å². The van der Waals surface area contributed by atoms with Crippen molar-refractivity contribution in [3.63, 3.8) is 0 Å². The zero-order chi connectivity index (χ0) is 30.6. The summed E-state index contributed by atoms with van der Waals surface area (Å²) in [6.07, 6.45) is 0.454. The lowest BCUT2D eigenvalue weighted by atomic mass is 10.0. The van der Waals surface area contributed by atoms with Gasteiger partial charge in [0.15, 0.2) is 15.5 Å². The van der Waals surface area contributed by atoms with Gasteiger partial charge in [0.05, 0.1) is 57.2 Å². The average molecular weight is 624 g/mol. The Kier molecular flexibility index (Phi) is 6.94. The summed E-state index contributed by atoms with van der Waals surface area (Å²) >= 11 is 1.64. The van der Waals surface area contributed by atoms with E-state index in [9.17, 15) is 13.2 Å². The van der Waals surface area contributed by atoms with Crippen molar-refractivity contribution < 1.29 is 17.9 Å². The number of thiazole rings is 1. The number of fused-ring (bicyclic) bond motifs is 2. The molecule has 0 saturated carbocycles. The molecular weight excluding hydrogens is 595 g/mol. The number of rotatable bonds is 6. The smallest absolute Gasteiger partial charge is 0.256 e. The lowest BCUT2D eigenvalue weighted by Gasteiger charge is -2.13. The second-order valence-corrected chi connectivity index (χ2v) is 14.4. The van der Waals surface area contributed by atoms with Crippen molar-refractivity contribution in [1.29, 1.82) is 0 Å². The molecule has 1 N–H and O–H groups in total. The van der Waals surface area contributed by atoms with E-state index in [1.807, 2.05) is 61.5 Å². The van der Waals surface area contributed by atoms with E-state index in [1.165, 1.54) is 5.56 Å². The first kappa shape index (κ1) is 28.2. The Morgan fingerprint density at radius 2 is 1.73 bits per heavy atom. The normalized spacial score (nSPS) is 16.0. The van der Waals surface area contributed by atoms with Crippen LogP contribution in [-0.2, 0) is 9.84 Å². The molecule has 9 nitrogen and oxygen atoms in total. The monoisotopic (exact) mass is 623 g/mol. The van der Waals surface area contributed by atoms with Crippen LogP contribution < -0.4 is 10.1 Å². The van der Waals surface area contributed by atoms with Crippen molar-refractivity contribution in [2.24, 2.45) is 0 Å². The summed E-state index contributed by atoms with van der Waals surface area (Å²) < 4.78 is 32.8. The Bertz CT molecular complexity index is 2170. The van der Waals surface area contributed by atoms with Crippen LogP contribution in [0.3, 0.4) is 0 Å². The Morgan fingerprint density at radius 1 is 0.977 bits per heavy atom. The number of pyridine rings is 1. The molecule has 1 aliphatic rings. The summed E-state index contributed by atoms with van der Waals surface area (Å²) in [6.45, 7) is 3.89. The lowest BCUT2D eigenvalue weighted by Crippen LogP contribution is -2.15. The second kappa shape index (κ2) is 10.8. The van der Waals surface area contributed by atoms with Crippen LogP contribution in [0.2, 0.25) is 0 Å². The van der Waals surface area contributed by atoms with Gasteiger partial charge in [-0.15, -0.1) is 11.3 Å². The first-order chi connectivity index (χ1) is 21.2. The number of carbonyl (C=O) groups excluding carboxylic acids is 1. The van der Waals surface area contributed by atoms with Gasteiger partial charge < -0.3 is 10.1 Å². The summed E-state index contributed by atoms with van der Waals surface area (Å²) in [7, 11) is -1.56. The number of amides is 1. The van der Waals surface area contributed by atoms with Crippen molar-refractivity contribution in [2.45, 2.75) is 26.3 Å². The molecule has 0 spiro atoms. The fraction of sp³-hybridized carbons (Fsp3) is 0.212. The van der Waals surface area contributed by atoms with Gasteiger partial charge in [0, 0.05) is 16.8 Å². The zero-order valence-electron chi connectivity index (χ0n) is 24.4. The lowest BCUT2D eigenvalue weighted by molar-refractivity contribution is 0.102. The largest absolute Gasteiger partial charge is 0.497 e. The van der Waals surface area contributed by atoms with E-state index in [0.717, 1.165) is 26.4 Å². The maximum Gasteiger partial charge on any atom is 0.256 e. The standard InChI is InChI=1S/C33H29N5O4S2/c1-19-4-13-27-29(16-19)43-33(36-27)22-5-9-23(10-6-22)34-32(39)26-17-28(21-7-11-25(42-3)12-8-21)35-31-30(26)20(2)37-38(31)24-14-15-44(40,41)18-24/h4-13,16-17,24H,14-15,18H2,1-3H3,(H,34,39). The van der Waals surface area contributed by atoms with Crippen LogP contribution in [0.5, 0.6) is 5.75 Å². The van der Waals surface area contributed by atoms with E-state index in [-0.39, 0.29) is 23.5 Å². The molecule has 1 amide bonds. The third-order valence-corrected chi connectivity index (χ3v) is 10.8. The van der Waals surface area contributed by atoms with Gasteiger partial charge in [-0.05, 0) is 92.6 Å². The van der Waals surface area contributed by atoms with Crippen molar-refractivity contribution >= 4 is 54.0 Å². The number of aromatic nitrogens is 4. The Balaban J connectivity index is 1.25. The van der Waals surface area contributed by atoms with Crippen molar-refractivity contribution in [3.8, 4) is 27.6 Å². The Hall–Kier alpha value is -4.61. The molecule has 1 saturated heterocycles. The van der Waals surface area contributed by atoms with Gasteiger partial charge in [-0.3, -0.25) is 4.79 Å². The zero-order valence-corrected chi connectivity index (χ0v) is 26.0. The highest BCUT2D eigenvalue weighted by Crippen LogP contribution is 2.34. The van der Waals surface area contributed by atoms with Crippen LogP contribution in [0.15, 0.2) is 72.8 Å². The molecule has 3 aromatic heterocycles. The molecule has 1 atom stereocenters. The number of hydrogen-bond acceptors (Lipinski definition) is 8. The topological polar surface area (TPSA) is 116 Å². The van der Waals surface area contributed by atoms with E-state index in [0.29, 0.717) is 45.8 Å². The molecule has 7 rings (SSSR count). The van der Waals surface area contributed by atoms with Crippen molar-refractivity contribution in [1.82, 2.24) is 19.7 Å². The van der Waals surface area contributed by atoms with Crippen LogP contribution in [0, 0.1) is 13.8 Å². The molecule has 0 aliphatic carbocycles. The van der Waals surface area contributed by atoms with Crippen LogP contribution in [0.4, 0.5) is 5.69 Å². The summed E-state index contributed by atoms with van der Waals surface area (Å²) in [4.78, 5) is 23.6. The highest BCUT2D eigenvalue weighted by atomic mass is 32.2. The molecule has 1 fully saturated rings. The predicted molar refractivity (Wildman–Crippen MR) is 174 cm³/mol. The highest BCUT2D eigenvalue weighted by molar-refractivity contribution is 7.91. The Labute approximate surface area is 258 Å². The summed E-state index contributed by atoms with van der Waals surface area (Å²) in [5, 5.41) is 9.26. The van der Waals surface area contributed by atoms with Gasteiger partial charge in [0.2, 0.25) is 0 Å². The fourth-order valence-corrected chi connectivity index (χ4v) is 8.44. The SMILES string of the molecule is COc1ccc(-c2cc(C(=O)Nc3ccc(-c4nc5ccc(C)cc5s4)cc3)c3c(C)nn(C4CCS(=O)(=O)C4)c3n2)cc1. The van der Waals surface area contributed by atoms with Gasteiger partial charge in [0.25, 0.3) is 5.91 Å². The molecule has 222 valence electrons. The van der Waals surface area contributed by atoms with Gasteiger partial charge >= 0.3 is 0 Å². The fourth-order valence-electron chi connectivity index (χ4n) is 5.67. The number of nitrogens with zero attached hydrogens (tertiary/aromatic N) is 4. The van der Waals surface area contributed by atoms with Crippen LogP contribution >= 0.6 is 11.3 Å². The number of anilines is 1. The van der Waals surface area contributed by atoms with Gasteiger partial charge in [0.1, 0.15) is 10.8 Å². The number of ether oxygens (including phenoxy) is 1. The first-order valence-corrected chi connectivity index (χ1v) is 16.8.